The average Bonchev–Trinajstić information content (AvgIpc) is 2.80. The number of hydrogen-bond donors (Lipinski definition) is 1. The molecule has 0 spiro atoms. The lowest BCUT2D eigenvalue weighted by atomic mass is 10.1. The number of nitrogens with zero attached hydrogens (tertiary/aromatic N) is 1. The summed E-state index contributed by atoms with van der Waals surface area (Å²) in [6.07, 6.45) is 0. The number of carbonyl (C=O) groups excluding carboxylic acids is 2. The molecule has 0 saturated heterocycles. The van der Waals surface area contributed by atoms with Crippen LogP contribution < -0.4 is 15.0 Å². The number of amides is 2. The van der Waals surface area contributed by atoms with Crippen molar-refractivity contribution in [2.24, 2.45) is 0 Å². The normalized spacial score (nSPS) is 16.0. The van der Waals surface area contributed by atoms with Crippen molar-refractivity contribution >= 4 is 17.5 Å². The molecule has 0 unspecified atom stereocenters. The van der Waals surface area contributed by atoms with Crippen molar-refractivity contribution in [3.8, 4) is 5.75 Å². The van der Waals surface area contributed by atoms with Gasteiger partial charge in [-0.1, -0.05) is 30.3 Å². The summed E-state index contributed by atoms with van der Waals surface area (Å²) in [5, 5.41) is 2.72. The van der Waals surface area contributed by atoms with Crippen LogP contribution in [0.5, 0.6) is 5.75 Å². The number of hydrogen-bond acceptors (Lipinski definition) is 3. The predicted octanol–water partition coefficient (Wildman–Crippen LogP) is 2.60. The Balaban J connectivity index is 1.71. The summed E-state index contributed by atoms with van der Waals surface area (Å²) in [7, 11) is 0. The monoisotopic (exact) mass is 324 g/mol. The Kier molecular flexibility index (Phi) is 4.51. The summed E-state index contributed by atoms with van der Waals surface area (Å²) in [5.74, 6) is 0.439. The molecule has 0 radical (unpaired) electrons. The van der Waals surface area contributed by atoms with E-state index in [1.54, 1.807) is 4.90 Å². The average molecular weight is 324 g/mol. The molecule has 0 aromatic heterocycles. The first-order chi connectivity index (χ1) is 11.6. The van der Waals surface area contributed by atoms with Crippen LogP contribution in [-0.2, 0) is 9.59 Å². The Morgan fingerprint density at radius 2 is 2.00 bits per heavy atom. The van der Waals surface area contributed by atoms with Crippen molar-refractivity contribution in [3.63, 3.8) is 0 Å². The van der Waals surface area contributed by atoms with Gasteiger partial charge in [-0.2, -0.15) is 0 Å². The summed E-state index contributed by atoms with van der Waals surface area (Å²) < 4.78 is 5.75. The van der Waals surface area contributed by atoms with Gasteiger partial charge in [-0.15, -0.1) is 0 Å². The van der Waals surface area contributed by atoms with Crippen molar-refractivity contribution in [1.82, 2.24) is 5.32 Å². The minimum Gasteiger partial charge on any atom is -0.492 e. The van der Waals surface area contributed by atoms with Crippen LogP contribution in [0, 0.1) is 6.92 Å². The van der Waals surface area contributed by atoms with Gasteiger partial charge in [-0.05, 0) is 30.7 Å². The summed E-state index contributed by atoms with van der Waals surface area (Å²) in [6.45, 7) is 4.24. The van der Waals surface area contributed by atoms with Crippen molar-refractivity contribution in [2.45, 2.75) is 19.9 Å². The predicted molar refractivity (Wildman–Crippen MR) is 92.0 cm³/mol. The first-order valence-corrected chi connectivity index (χ1v) is 7.93. The van der Waals surface area contributed by atoms with Gasteiger partial charge in [-0.25, -0.2) is 0 Å². The fourth-order valence-corrected chi connectivity index (χ4v) is 2.92. The standard InChI is InChI=1S/C19H20N2O3/c1-13-6-5-7-15(12-13)24-11-10-21-17-9-4-3-8-16(17)18(19(21)23)20-14(2)22/h3-9,12,18H,10-11H2,1-2H3,(H,20,22)/t18-/m1/s1. The Bertz CT molecular complexity index is 773. The van der Waals surface area contributed by atoms with Gasteiger partial charge in [0.05, 0.1) is 6.54 Å². The maximum atomic E-state index is 12.7. The van der Waals surface area contributed by atoms with Crippen molar-refractivity contribution in [3.05, 3.63) is 59.7 Å². The fraction of sp³-hybridized carbons (Fsp3) is 0.263. The smallest absolute Gasteiger partial charge is 0.254 e. The Hall–Kier alpha value is -2.82. The first kappa shape index (κ1) is 16.1. The van der Waals surface area contributed by atoms with Crippen LogP contribution >= 0.6 is 0 Å². The number of anilines is 1. The third-order valence-corrected chi connectivity index (χ3v) is 3.97. The number of fused-ring (bicyclic) bond motifs is 1. The molecule has 0 bridgehead atoms. The maximum absolute atomic E-state index is 12.7. The van der Waals surface area contributed by atoms with Gasteiger partial charge in [0, 0.05) is 18.2 Å². The Labute approximate surface area is 141 Å². The van der Waals surface area contributed by atoms with E-state index in [4.69, 9.17) is 4.74 Å². The van der Waals surface area contributed by atoms with Gasteiger partial charge in [0.2, 0.25) is 5.91 Å². The zero-order valence-electron chi connectivity index (χ0n) is 13.8. The summed E-state index contributed by atoms with van der Waals surface area (Å²) in [5.41, 5.74) is 2.78. The van der Waals surface area contributed by atoms with Gasteiger partial charge in [0.15, 0.2) is 0 Å². The molecule has 1 atom stereocenters. The molecule has 124 valence electrons. The molecule has 2 aromatic rings. The molecular weight excluding hydrogens is 304 g/mol. The SMILES string of the molecule is CC(=O)N[C@H]1C(=O)N(CCOc2cccc(C)c2)c2ccccc21. The minimum atomic E-state index is -0.613. The number of benzene rings is 2. The minimum absolute atomic E-state index is 0.126. The van der Waals surface area contributed by atoms with Crippen LogP contribution in [0.4, 0.5) is 5.69 Å². The van der Waals surface area contributed by atoms with Gasteiger partial charge < -0.3 is 15.0 Å². The van der Waals surface area contributed by atoms with E-state index >= 15 is 0 Å². The van der Waals surface area contributed by atoms with E-state index in [1.807, 2.05) is 55.5 Å². The highest BCUT2D eigenvalue weighted by Gasteiger charge is 2.37. The highest BCUT2D eigenvalue weighted by atomic mass is 16.5. The number of carbonyl (C=O) groups is 2. The first-order valence-electron chi connectivity index (χ1n) is 7.93. The third-order valence-electron chi connectivity index (χ3n) is 3.97. The molecule has 5 heteroatoms. The number of nitrogens with one attached hydrogen (secondary N) is 1. The van der Waals surface area contributed by atoms with E-state index in [-0.39, 0.29) is 11.8 Å². The van der Waals surface area contributed by atoms with Gasteiger partial charge >= 0.3 is 0 Å². The summed E-state index contributed by atoms with van der Waals surface area (Å²) in [6, 6.07) is 14.7. The maximum Gasteiger partial charge on any atom is 0.254 e. The molecule has 1 N–H and O–H groups in total. The fourth-order valence-electron chi connectivity index (χ4n) is 2.92. The molecule has 24 heavy (non-hydrogen) atoms. The third kappa shape index (κ3) is 3.25. The highest BCUT2D eigenvalue weighted by molar-refractivity contribution is 6.06. The zero-order valence-corrected chi connectivity index (χ0v) is 13.8. The Morgan fingerprint density at radius 1 is 1.21 bits per heavy atom. The molecule has 2 aromatic carbocycles. The number of ether oxygens (including phenoxy) is 1. The van der Waals surface area contributed by atoms with Crippen molar-refractivity contribution in [1.29, 1.82) is 0 Å². The zero-order chi connectivity index (χ0) is 17.1. The lowest BCUT2D eigenvalue weighted by Gasteiger charge is -2.18. The van der Waals surface area contributed by atoms with Crippen molar-refractivity contribution in [2.75, 3.05) is 18.1 Å². The molecule has 0 fully saturated rings. The highest BCUT2D eigenvalue weighted by Crippen LogP contribution is 2.35. The van der Waals surface area contributed by atoms with Gasteiger partial charge in [0.1, 0.15) is 18.4 Å². The number of aryl methyl sites for hydroxylation is 1. The quantitative estimate of drug-likeness (QED) is 0.920. The van der Waals surface area contributed by atoms with Crippen LogP contribution in [0.1, 0.15) is 24.1 Å². The van der Waals surface area contributed by atoms with Crippen LogP contribution in [0.25, 0.3) is 0 Å². The van der Waals surface area contributed by atoms with Gasteiger partial charge in [-0.3, -0.25) is 9.59 Å². The lowest BCUT2D eigenvalue weighted by Crippen LogP contribution is -2.38. The van der Waals surface area contributed by atoms with Gasteiger partial charge in [0.25, 0.3) is 5.91 Å². The van der Waals surface area contributed by atoms with Crippen LogP contribution in [0.2, 0.25) is 0 Å². The van der Waals surface area contributed by atoms with E-state index in [2.05, 4.69) is 5.32 Å². The molecule has 1 aliphatic heterocycles. The lowest BCUT2D eigenvalue weighted by molar-refractivity contribution is -0.126. The molecule has 5 nitrogen and oxygen atoms in total. The second kappa shape index (κ2) is 6.74. The van der Waals surface area contributed by atoms with E-state index in [1.165, 1.54) is 6.92 Å². The molecule has 1 aliphatic rings. The van der Waals surface area contributed by atoms with Crippen LogP contribution in [0.3, 0.4) is 0 Å². The van der Waals surface area contributed by atoms with Crippen molar-refractivity contribution < 1.29 is 14.3 Å². The summed E-state index contributed by atoms with van der Waals surface area (Å²) >= 11 is 0. The molecule has 0 aliphatic carbocycles. The van der Waals surface area contributed by atoms with E-state index < -0.39 is 6.04 Å². The molecule has 0 saturated carbocycles. The molecule has 2 amide bonds. The van der Waals surface area contributed by atoms with E-state index in [0.29, 0.717) is 13.2 Å². The molecule has 1 heterocycles. The van der Waals surface area contributed by atoms with Crippen LogP contribution in [0.15, 0.2) is 48.5 Å². The Morgan fingerprint density at radius 3 is 2.75 bits per heavy atom. The van der Waals surface area contributed by atoms with E-state index in [0.717, 1.165) is 22.6 Å². The second-order valence-electron chi connectivity index (χ2n) is 5.85. The second-order valence-corrected chi connectivity index (χ2v) is 5.85. The summed E-state index contributed by atoms with van der Waals surface area (Å²) in [4.78, 5) is 25.7. The molecule has 3 rings (SSSR count). The topological polar surface area (TPSA) is 58.6 Å². The largest absolute Gasteiger partial charge is 0.492 e. The number of para-hydroxylation sites is 1. The van der Waals surface area contributed by atoms with Crippen LogP contribution in [-0.4, -0.2) is 25.0 Å². The van der Waals surface area contributed by atoms with E-state index in [9.17, 15) is 9.59 Å². The number of rotatable bonds is 5. The molecular formula is C19H20N2O3.